The number of carbonyl (C=O) groups is 1. The minimum Gasteiger partial charge on any atom is -0.467 e. The van der Waals surface area contributed by atoms with Crippen molar-refractivity contribution >= 4 is 5.97 Å². The molecule has 0 atom stereocenters. The highest BCUT2D eigenvalue weighted by Gasteiger charge is 1.94. The van der Waals surface area contributed by atoms with Gasteiger partial charge in [-0.25, -0.2) is 4.79 Å². The van der Waals surface area contributed by atoms with E-state index in [4.69, 9.17) is 13.9 Å². The maximum atomic E-state index is 10.9. The smallest absolute Gasteiger partial charge is 0.330 e. The SMILES string of the molecule is CCOC(=O)/C=C/COCc1ccco1. The van der Waals surface area contributed by atoms with Crippen LogP contribution in [0.25, 0.3) is 0 Å². The molecular weight excluding hydrogens is 196 g/mol. The summed E-state index contributed by atoms with van der Waals surface area (Å²) >= 11 is 0. The van der Waals surface area contributed by atoms with E-state index in [0.717, 1.165) is 5.76 Å². The molecule has 0 aromatic carbocycles. The molecule has 4 nitrogen and oxygen atoms in total. The van der Waals surface area contributed by atoms with E-state index in [1.165, 1.54) is 6.08 Å². The van der Waals surface area contributed by atoms with E-state index in [1.54, 1.807) is 25.3 Å². The molecule has 0 amide bonds. The fourth-order valence-corrected chi connectivity index (χ4v) is 0.957. The van der Waals surface area contributed by atoms with Crippen LogP contribution >= 0.6 is 0 Å². The lowest BCUT2D eigenvalue weighted by molar-refractivity contribution is -0.137. The van der Waals surface area contributed by atoms with E-state index in [1.807, 2.05) is 6.07 Å². The largest absolute Gasteiger partial charge is 0.467 e. The van der Waals surface area contributed by atoms with Crippen LogP contribution in [0.5, 0.6) is 0 Å². The average molecular weight is 210 g/mol. The zero-order valence-electron chi connectivity index (χ0n) is 8.64. The van der Waals surface area contributed by atoms with Crippen LogP contribution in [-0.4, -0.2) is 19.2 Å². The molecule has 0 radical (unpaired) electrons. The van der Waals surface area contributed by atoms with Crippen LogP contribution in [0.4, 0.5) is 0 Å². The van der Waals surface area contributed by atoms with Crippen molar-refractivity contribution in [1.29, 1.82) is 0 Å². The summed E-state index contributed by atoms with van der Waals surface area (Å²) in [5, 5.41) is 0. The highest BCUT2D eigenvalue weighted by molar-refractivity contribution is 5.81. The zero-order chi connectivity index (χ0) is 10.9. The number of carbonyl (C=O) groups excluding carboxylic acids is 1. The van der Waals surface area contributed by atoms with E-state index >= 15 is 0 Å². The van der Waals surface area contributed by atoms with Crippen molar-refractivity contribution in [1.82, 2.24) is 0 Å². The van der Waals surface area contributed by atoms with Gasteiger partial charge in [-0.15, -0.1) is 0 Å². The van der Waals surface area contributed by atoms with E-state index < -0.39 is 0 Å². The third-order valence-corrected chi connectivity index (χ3v) is 1.58. The molecular formula is C11H14O4. The Morgan fingerprint density at radius 2 is 2.47 bits per heavy atom. The summed E-state index contributed by atoms with van der Waals surface area (Å²) in [6.07, 6.45) is 4.56. The monoisotopic (exact) mass is 210 g/mol. The first-order valence-corrected chi connectivity index (χ1v) is 4.76. The zero-order valence-corrected chi connectivity index (χ0v) is 8.64. The quantitative estimate of drug-likeness (QED) is 0.409. The Labute approximate surface area is 88.5 Å². The second-order valence-corrected chi connectivity index (χ2v) is 2.75. The minimum atomic E-state index is -0.348. The molecule has 1 heterocycles. The van der Waals surface area contributed by atoms with Gasteiger partial charge in [0.2, 0.25) is 0 Å². The van der Waals surface area contributed by atoms with Crippen molar-refractivity contribution in [2.45, 2.75) is 13.5 Å². The topological polar surface area (TPSA) is 48.7 Å². The number of hydrogen-bond donors (Lipinski definition) is 0. The van der Waals surface area contributed by atoms with Gasteiger partial charge < -0.3 is 13.9 Å². The molecule has 0 spiro atoms. The molecule has 1 rings (SSSR count). The molecule has 15 heavy (non-hydrogen) atoms. The predicted octanol–water partition coefficient (Wildman–Crippen LogP) is 1.92. The third-order valence-electron chi connectivity index (χ3n) is 1.58. The Bertz CT molecular complexity index is 300. The van der Waals surface area contributed by atoms with Crippen LogP contribution in [0, 0.1) is 0 Å². The van der Waals surface area contributed by atoms with E-state index in [0.29, 0.717) is 19.8 Å². The maximum absolute atomic E-state index is 10.9. The van der Waals surface area contributed by atoms with Crippen molar-refractivity contribution in [3.05, 3.63) is 36.3 Å². The lowest BCUT2D eigenvalue weighted by Crippen LogP contribution is -2.00. The average Bonchev–Trinajstić information content (AvgIpc) is 2.70. The van der Waals surface area contributed by atoms with Gasteiger partial charge in [0.1, 0.15) is 12.4 Å². The van der Waals surface area contributed by atoms with Crippen LogP contribution in [0.2, 0.25) is 0 Å². The van der Waals surface area contributed by atoms with Crippen molar-refractivity contribution in [3.63, 3.8) is 0 Å². The van der Waals surface area contributed by atoms with Crippen molar-refractivity contribution in [2.75, 3.05) is 13.2 Å². The molecule has 0 N–H and O–H groups in total. The number of rotatable bonds is 6. The highest BCUT2D eigenvalue weighted by Crippen LogP contribution is 2.01. The molecule has 1 aromatic heterocycles. The number of furan rings is 1. The standard InChI is InChI=1S/C11H14O4/c1-2-14-11(12)6-4-7-13-9-10-5-3-8-15-10/h3-6,8H,2,7,9H2,1H3/b6-4+. The van der Waals surface area contributed by atoms with Crippen LogP contribution < -0.4 is 0 Å². The molecule has 0 fully saturated rings. The predicted molar refractivity (Wildman–Crippen MR) is 54.1 cm³/mol. The lowest BCUT2D eigenvalue weighted by atomic mass is 10.5. The molecule has 0 saturated carbocycles. The fraction of sp³-hybridized carbons (Fsp3) is 0.364. The summed E-state index contributed by atoms with van der Waals surface area (Å²) in [6.45, 7) is 2.91. The van der Waals surface area contributed by atoms with Gasteiger partial charge in [-0.05, 0) is 19.1 Å². The summed E-state index contributed by atoms with van der Waals surface area (Å²) < 4.78 is 15.0. The molecule has 0 aliphatic heterocycles. The second kappa shape index (κ2) is 6.84. The van der Waals surface area contributed by atoms with E-state index in [2.05, 4.69) is 0 Å². The van der Waals surface area contributed by atoms with Gasteiger partial charge >= 0.3 is 5.97 Å². The molecule has 0 aliphatic carbocycles. The molecule has 0 saturated heterocycles. The molecule has 4 heteroatoms. The first kappa shape index (κ1) is 11.5. The molecule has 0 bridgehead atoms. The van der Waals surface area contributed by atoms with Gasteiger partial charge in [-0.3, -0.25) is 0 Å². The summed E-state index contributed by atoms with van der Waals surface area (Å²) in [4.78, 5) is 10.9. The number of esters is 1. The van der Waals surface area contributed by atoms with Crippen LogP contribution in [0.1, 0.15) is 12.7 Å². The van der Waals surface area contributed by atoms with Crippen molar-refractivity contribution in [3.8, 4) is 0 Å². The first-order valence-electron chi connectivity index (χ1n) is 4.76. The summed E-state index contributed by atoms with van der Waals surface area (Å²) in [5.41, 5.74) is 0. The van der Waals surface area contributed by atoms with Crippen LogP contribution in [0.15, 0.2) is 35.0 Å². The van der Waals surface area contributed by atoms with Crippen LogP contribution in [-0.2, 0) is 20.9 Å². The Morgan fingerprint density at radius 1 is 1.60 bits per heavy atom. The summed E-state index contributed by atoms with van der Waals surface area (Å²) in [6, 6.07) is 3.63. The Kier molecular flexibility index (Phi) is 5.25. The van der Waals surface area contributed by atoms with Crippen molar-refractivity contribution in [2.24, 2.45) is 0 Å². The van der Waals surface area contributed by atoms with Gasteiger partial charge in [0.15, 0.2) is 0 Å². The Morgan fingerprint density at radius 3 is 3.13 bits per heavy atom. The Hall–Kier alpha value is -1.55. The number of hydrogen-bond acceptors (Lipinski definition) is 4. The van der Waals surface area contributed by atoms with Gasteiger partial charge in [0, 0.05) is 6.08 Å². The summed E-state index contributed by atoms with van der Waals surface area (Å²) in [7, 11) is 0. The third kappa shape index (κ3) is 5.02. The molecule has 0 aliphatic rings. The lowest BCUT2D eigenvalue weighted by Gasteiger charge is -1.97. The van der Waals surface area contributed by atoms with Crippen LogP contribution in [0.3, 0.4) is 0 Å². The first-order chi connectivity index (χ1) is 7.33. The van der Waals surface area contributed by atoms with E-state index in [-0.39, 0.29) is 5.97 Å². The van der Waals surface area contributed by atoms with E-state index in [9.17, 15) is 4.79 Å². The molecule has 82 valence electrons. The molecule has 0 unspecified atom stereocenters. The fourth-order valence-electron chi connectivity index (χ4n) is 0.957. The minimum absolute atomic E-state index is 0.348. The second-order valence-electron chi connectivity index (χ2n) is 2.75. The van der Waals surface area contributed by atoms with Gasteiger partial charge in [-0.2, -0.15) is 0 Å². The summed E-state index contributed by atoms with van der Waals surface area (Å²) in [5.74, 6) is 0.415. The normalized spacial score (nSPS) is 10.7. The van der Waals surface area contributed by atoms with Gasteiger partial charge in [-0.1, -0.05) is 6.08 Å². The highest BCUT2D eigenvalue weighted by atomic mass is 16.5. The number of ether oxygens (including phenoxy) is 2. The molecule has 1 aromatic rings. The van der Waals surface area contributed by atoms with Gasteiger partial charge in [0.05, 0.1) is 19.5 Å². The Balaban J connectivity index is 2.08. The van der Waals surface area contributed by atoms with Crippen molar-refractivity contribution < 1.29 is 18.7 Å². The maximum Gasteiger partial charge on any atom is 0.330 e. The van der Waals surface area contributed by atoms with Gasteiger partial charge in [0.25, 0.3) is 0 Å².